The van der Waals surface area contributed by atoms with Crippen LogP contribution in [-0.4, -0.2) is 61.4 Å². The third-order valence-corrected chi connectivity index (χ3v) is 5.48. The van der Waals surface area contributed by atoms with Crippen molar-refractivity contribution in [2.75, 3.05) is 26.2 Å². The van der Waals surface area contributed by atoms with Crippen LogP contribution >= 0.6 is 15.9 Å². The Morgan fingerprint density at radius 1 is 1.11 bits per heavy atom. The average molecular weight is 443 g/mol. The molecule has 0 spiro atoms. The third kappa shape index (κ3) is 4.34. The molecule has 1 amide bonds. The van der Waals surface area contributed by atoms with Gasteiger partial charge in [-0.05, 0) is 40.0 Å². The number of benzene rings is 1. The van der Waals surface area contributed by atoms with Gasteiger partial charge in [0.15, 0.2) is 0 Å². The first kappa shape index (κ1) is 18.9. The van der Waals surface area contributed by atoms with Crippen LogP contribution in [-0.2, 0) is 13.2 Å². The summed E-state index contributed by atoms with van der Waals surface area (Å²) in [6.07, 6.45) is 5.42. The van der Waals surface area contributed by atoms with E-state index in [0.29, 0.717) is 12.4 Å². The molecule has 1 saturated heterocycles. The van der Waals surface area contributed by atoms with Crippen LogP contribution in [0.2, 0.25) is 0 Å². The van der Waals surface area contributed by atoms with E-state index in [1.54, 1.807) is 21.6 Å². The van der Waals surface area contributed by atoms with E-state index in [-0.39, 0.29) is 5.91 Å². The first-order chi connectivity index (χ1) is 13.6. The average Bonchev–Trinajstić information content (AvgIpc) is 3.33. The van der Waals surface area contributed by atoms with Crippen molar-refractivity contribution in [1.29, 1.82) is 0 Å². The maximum Gasteiger partial charge on any atom is 0.274 e. The van der Waals surface area contributed by atoms with E-state index >= 15 is 0 Å². The second-order valence-corrected chi connectivity index (χ2v) is 7.99. The van der Waals surface area contributed by atoms with Crippen LogP contribution in [0.1, 0.15) is 21.6 Å². The summed E-state index contributed by atoms with van der Waals surface area (Å²) in [7, 11) is 0. The Morgan fingerprint density at radius 3 is 2.61 bits per heavy atom. The Hall–Kier alpha value is -2.45. The zero-order valence-corrected chi connectivity index (χ0v) is 17.4. The summed E-state index contributed by atoms with van der Waals surface area (Å²) >= 11 is 3.38. The zero-order valence-electron chi connectivity index (χ0n) is 15.8. The van der Waals surface area contributed by atoms with Gasteiger partial charge in [-0.25, -0.2) is 4.68 Å². The molecule has 2 aromatic heterocycles. The maximum atomic E-state index is 12.8. The summed E-state index contributed by atoms with van der Waals surface area (Å²) in [6, 6.07) is 10.3. The van der Waals surface area contributed by atoms with Gasteiger partial charge in [0, 0.05) is 45.1 Å². The number of carbonyl (C=O) groups is 1. The predicted molar refractivity (Wildman–Crippen MR) is 110 cm³/mol. The normalized spacial score (nSPS) is 15.1. The van der Waals surface area contributed by atoms with Crippen molar-refractivity contribution >= 4 is 21.8 Å². The molecule has 0 N–H and O–H groups in total. The molecule has 7 nitrogen and oxygen atoms in total. The van der Waals surface area contributed by atoms with Crippen LogP contribution in [0.15, 0.2) is 53.4 Å². The van der Waals surface area contributed by atoms with Crippen molar-refractivity contribution in [1.82, 2.24) is 29.4 Å². The predicted octanol–water partition coefficient (Wildman–Crippen LogP) is 2.61. The van der Waals surface area contributed by atoms with E-state index in [1.807, 2.05) is 17.3 Å². The molecule has 1 aliphatic heterocycles. The molecule has 0 radical (unpaired) electrons. The minimum absolute atomic E-state index is 0.00376. The van der Waals surface area contributed by atoms with Crippen LogP contribution in [0, 0.1) is 6.92 Å². The lowest BCUT2D eigenvalue weighted by atomic mass is 10.1. The molecule has 3 aromatic rings. The lowest BCUT2D eigenvalue weighted by molar-refractivity contribution is 0.0621. The van der Waals surface area contributed by atoms with Gasteiger partial charge in [0.2, 0.25) is 0 Å². The fourth-order valence-electron chi connectivity index (χ4n) is 3.42. The molecule has 146 valence electrons. The van der Waals surface area contributed by atoms with Crippen LogP contribution in [0.25, 0.3) is 0 Å². The quantitative estimate of drug-likeness (QED) is 0.609. The number of halogens is 1. The van der Waals surface area contributed by atoms with E-state index in [0.717, 1.165) is 37.2 Å². The molecule has 8 heteroatoms. The molecule has 1 aromatic carbocycles. The van der Waals surface area contributed by atoms with E-state index in [1.165, 1.54) is 11.1 Å². The van der Waals surface area contributed by atoms with Gasteiger partial charge in [-0.3, -0.25) is 14.4 Å². The van der Waals surface area contributed by atoms with Crippen molar-refractivity contribution in [3.63, 3.8) is 0 Å². The van der Waals surface area contributed by atoms with Crippen molar-refractivity contribution in [2.45, 2.75) is 20.1 Å². The fraction of sp³-hybridized carbons (Fsp3) is 0.350. The number of nitrogens with zero attached hydrogens (tertiary/aromatic N) is 6. The Balaban J connectivity index is 1.32. The number of hydrogen-bond donors (Lipinski definition) is 0. The van der Waals surface area contributed by atoms with Crippen molar-refractivity contribution in [3.8, 4) is 0 Å². The molecular weight excluding hydrogens is 420 g/mol. The van der Waals surface area contributed by atoms with Crippen molar-refractivity contribution in [2.24, 2.45) is 0 Å². The van der Waals surface area contributed by atoms with Crippen molar-refractivity contribution in [3.05, 3.63) is 70.2 Å². The summed E-state index contributed by atoms with van der Waals surface area (Å²) in [5, 5.41) is 8.64. The van der Waals surface area contributed by atoms with Gasteiger partial charge in [-0.1, -0.05) is 24.3 Å². The summed E-state index contributed by atoms with van der Waals surface area (Å²) in [5.74, 6) is -0.00376. The first-order valence-electron chi connectivity index (χ1n) is 9.36. The topological polar surface area (TPSA) is 59.2 Å². The summed E-state index contributed by atoms with van der Waals surface area (Å²) in [5.41, 5.74) is 3.15. The highest BCUT2D eigenvalue weighted by Crippen LogP contribution is 2.14. The lowest BCUT2D eigenvalue weighted by Gasteiger charge is -2.34. The van der Waals surface area contributed by atoms with Crippen LogP contribution in [0.5, 0.6) is 0 Å². The standard InChI is InChI=1S/C20H23BrN6O/c1-16-4-2-3-5-17(16)13-24-8-10-25(11-9-24)20(28)19-6-7-26(23-19)15-27-14-18(21)12-22-27/h2-7,12,14H,8-11,13,15H2,1H3. The highest BCUT2D eigenvalue weighted by molar-refractivity contribution is 9.10. The molecule has 0 aliphatic carbocycles. The largest absolute Gasteiger partial charge is 0.335 e. The minimum atomic E-state index is -0.00376. The Morgan fingerprint density at radius 2 is 1.89 bits per heavy atom. The molecule has 0 saturated carbocycles. The molecule has 4 rings (SSSR count). The first-order valence-corrected chi connectivity index (χ1v) is 10.2. The summed E-state index contributed by atoms with van der Waals surface area (Å²) < 4.78 is 4.40. The van der Waals surface area contributed by atoms with Gasteiger partial charge in [0.25, 0.3) is 5.91 Å². The Labute approximate surface area is 172 Å². The molecule has 0 unspecified atom stereocenters. The SMILES string of the molecule is Cc1ccccc1CN1CCN(C(=O)c2ccn(Cn3cc(Br)cn3)n2)CC1. The molecule has 1 aliphatic rings. The molecular formula is C20H23BrN6O. The Bertz CT molecular complexity index is 957. The van der Waals surface area contributed by atoms with E-state index in [2.05, 4.69) is 62.2 Å². The van der Waals surface area contributed by atoms with Crippen LogP contribution in [0.4, 0.5) is 0 Å². The highest BCUT2D eigenvalue weighted by Gasteiger charge is 2.24. The second kappa shape index (κ2) is 8.28. The van der Waals surface area contributed by atoms with Gasteiger partial charge in [0.1, 0.15) is 12.4 Å². The third-order valence-electron chi connectivity index (χ3n) is 5.07. The van der Waals surface area contributed by atoms with E-state index < -0.39 is 0 Å². The smallest absolute Gasteiger partial charge is 0.274 e. The van der Waals surface area contributed by atoms with Gasteiger partial charge in [-0.2, -0.15) is 10.2 Å². The molecule has 0 atom stereocenters. The molecule has 28 heavy (non-hydrogen) atoms. The van der Waals surface area contributed by atoms with E-state index in [9.17, 15) is 4.79 Å². The zero-order chi connectivity index (χ0) is 19.5. The number of rotatable bonds is 5. The van der Waals surface area contributed by atoms with Gasteiger partial charge in [-0.15, -0.1) is 0 Å². The number of aryl methyl sites for hydroxylation is 1. The molecule has 1 fully saturated rings. The number of amides is 1. The minimum Gasteiger partial charge on any atom is -0.335 e. The summed E-state index contributed by atoms with van der Waals surface area (Å²) in [4.78, 5) is 17.1. The van der Waals surface area contributed by atoms with Crippen LogP contribution < -0.4 is 0 Å². The monoisotopic (exact) mass is 442 g/mol. The maximum absolute atomic E-state index is 12.8. The second-order valence-electron chi connectivity index (χ2n) is 7.07. The fourth-order valence-corrected chi connectivity index (χ4v) is 3.75. The molecule has 0 bridgehead atoms. The number of piperazine rings is 1. The van der Waals surface area contributed by atoms with Gasteiger partial charge < -0.3 is 4.90 Å². The Kier molecular flexibility index (Phi) is 5.59. The van der Waals surface area contributed by atoms with Crippen molar-refractivity contribution < 1.29 is 4.79 Å². The number of carbonyl (C=O) groups excluding carboxylic acids is 1. The summed E-state index contributed by atoms with van der Waals surface area (Å²) in [6.45, 7) is 6.76. The molecule has 3 heterocycles. The van der Waals surface area contributed by atoms with E-state index in [4.69, 9.17) is 0 Å². The van der Waals surface area contributed by atoms with Gasteiger partial charge in [0.05, 0.1) is 10.7 Å². The lowest BCUT2D eigenvalue weighted by Crippen LogP contribution is -2.48. The number of aromatic nitrogens is 4. The van der Waals surface area contributed by atoms with Crippen LogP contribution in [0.3, 0.4) is 0 Å². The van der Waals surface area contributed by atoms with Gasteiger partial charge >= 0.3 is 0 Å². The number of hydrogen-bond acceptors (Lipinski definition) is 4. The highest BCUT2D eigenvalue weighted by atomic mass is 79.9.